The summed E-state index contributed by atoms with van der Waals surface area (Å²) in [5.41, 5.74) is 2.28. The zero-order chi connectivity index (χ0) is 16.2. The maximum atomic E-state index is 6.15. The number of hydrogen-bond donors (Lipinski definition) is 0. The number of pyridine rings is 1. The Morgan fingerprint density at radius 1 is 1.30 bits per heavy atom. The van der Waals surface area contributed by atoms with Gasteiger partial charge in [0.15, 0.2) is 0 Å². The maximum absolute atomic E-state index is 6.15. The second-order valence-corrected chi connectivity index (χ2v) is 6.43. The summed E-state index contributed by atoms with van der Waals surface area (Å²) in [7, 11) is 6.08. The lowest BCUT2D eigenvalue weighted by molar-refractivity contribution is 0.196. The summed E-state index contributed by atoms with van der Waals surface area (Å²) >= 11 is 0. The predicted octanol–water partition coefficient (Wildman–Crippen LogP) is 1.53. The Kier molecular flexibility index (Phi) is 4.93. The van der Waals surface area contributed by atoms with Gasteiger partial charge in [0, 0.05) is 51.7 Å². The van der Waals surface area contributed by atoms with Gasteiger partial charge in [-0.15, -0.1) is 0 Å². The Bertz CT molecular complexity index is 639. The van der Waals surface area contributed by atoms with Crippen LogP contribution in [-0.2, 0) is 20.1 Å². The summed E-state index contributed by atoms with van der Waals surface area (Å²) in [4.78, 5) is 8.92. The molecule has 0 bridgehead atoms. The molecule has 3 heterocycles. The molecule has 3 rings (SSSR count). The normalized spacial score (nSPS) is 18.7. The van der Waals surface area contributed by atoms with Gasteiger partial charge in [-0.1, -0.05) is 0 Å². The van der Waals surface area contributed by atoms with Gasteiger partial charge in [-0.25, -0.2) is 0 Å². The molecule has 1 atom stereocenters. The number of likely N-dealkylation sites (tertiary alicyclic amines) is 1. The minimum absolute atomic E-state index is 0.248. The zero-order valence-corrected chi connectivity index (χ0v) is 14.1. The molecule has 0 radical (unpaired) electrons. The van der Waals surface area contributed by atoms with Crippen molar-refractivity contribution in [1.29, 1.82) is 0 Å². The van der Waals surface area contributed by atoms with Crippen LogP contribution in [0.1, 0.15) is 17.8 Å². The van der Waals surface area contributed by atoms with Crippen LogP contribution in [0.25, 0.3) is 0 Å². The third-order valence-corrected chi connectivity index (χ3v) is 4.11. The number of aryl methyl sites for hydroxylation is 1. The average molecular weight is 315 g/mol. The highest BCUT2D eigenvalue weighted by molar-refractivity contribution is 5.23. The number of ether oxygens (including phenoxy) is 1. The molecule has 1 aliphatic heterocycles. The van der Waals surface area contributed by atoms with Crippen LogP contribution in [0.4, 0.5) is 0 Å². The topological polar surface area (TPSA) is 46.4 Å². The van der Waals surface area contributed by atoms with Crippen LogP contribution in [0, 0.1) is 0 Å². The number of rotatable bonds is 6. The van der Waals surface area contributed by atoms with Crippen molar-refractivity contribution in [3.05, 3.63) is 42.0 Å². The van der Waals surface area contributed by atoms with E-state index >= 15 is 0 Å². The molecular weight excluding hydrogens is 290 g/mol. The number of aromatic nitrogens is 3. The van der Waals surface area contributed by atoms with Gasteiger partial charge in [-0.3, -0.25) is 14.6 Å². The Morgan fingerprint density at radius 3 is 2.91 bits per heavy atom. The highest BCUT2D eigenvalue weighted by Gasteiger charge is 2.24. The van der Waals surface area contributed by atoms with E-state index in [2.05, 4.69) is 25.9 Å². The minimum Gasteiger partial charge on any atom is -0.489 e. The minimum atomic E-state index is 0.248. The Balaban J connectivity index is 1.54. The van der Waals surface area contributed by atoms with Gasteiger partial charge in [0.25, 0.3) is 0 Å². The first-order valence-electron chi connectivity index (χ1n) is 8.05. The van der Waals surface area contributed by atoms with Gasteiger partial charge in [-0.2, -0.15) is 5.10 Å². The van der Waals surface area contributed by atoms with E-state index in [-0.39, 0.29) is 6.10 Å². The molecule has 23 heavy (non-hydrogen) atoms. The number of hydrogen-bond acceptors (Lipinski definition) is 5. The van der Waals surface area contributed by atoms with E-state index in [1.807, 2.05) is 50.4 Å². The Hall–Kier alpha value is -1.92. The van der Waals surface area contributed by atoms with Crippen molar-refractivity contribution in [3.8, 4) is 5.75 Å². The molecule has 6 nitrogen and oxygen atoms in total. The average Bonchev–Trinajstić information content (AvgIpc) is 3.09. The zero-order valence-electron chi connectivity index (χ0n) is 14.1. The first kappa shape index (κ1) is 16.0. The quantitative estimate of drug-likeness (QED) is 0.809. The molecule has 0 amide bonds. The molecule has 0 saturated carbocycles. The van der Waals surface area contributed by atoms with Crippen LogP contribution in [0.15, 0.2) is 30.6 Å². The van der Waals surface area contributed by atoms with Crippen molar-refractivity contribution in [2.24, 2.45) is 7.05 Å². The van der Waals surface area contributed by atoms with Crippen molar-refractivity contribution in [2.75, 3.05) is 27.2 Å². The lowest BCUT2D eigenvalue weighted by Crippen LogP contribution is -2.25. The lowest BCUT2D eigenvalue weighted by Gasteiger charge is -2.17. The summed E-state index contributed by atoms with van der Waals surface area (Å²) < 4.78 is 8.09. The van der Waals surface area contributed by atoms with Gasteiger partial charge in [0.05, 0.1) is 11.4 Å². The molecule has 2 aromatic rings. The molecule has 1 saturated heterocycles. The molecule has 124 valence electrons. The fourth-order valence-corrected chi connectivity index (χ4v) is 2.95. The van der Waals surface area contributed by atoms with Gasteiger partial charge in [0.2, 0.25) is 0 Å². The van der Waals surface area contributed by atoms with Crippen molar-refractivity contribution < 1.29 is 4.74 Å². The van der Waals surface area contributed by atoms with Crippen LogP contribution < -0.4 is 4.74 Å². The van der Waals surface area contributed by atoms with Gasteiger partial charge < -0.3 is 9.64 Å². The summed E-state index contributed by atoms with van der Waals surface area (Å²) in [5.74, 6) is 0.921. The van der Waals surface area contributed by atoms with Crippen LogP contribution in [0.3, 0.4) is 0 Å². The standard InChI is InChI=1S/C17H25N5O/c1-20(2)11-14-10-16(5-7-18-14)23-17-6-9-22(13-17)12-15-4-8-19-21(15)3/h4-5,7-8,10,17H,6,9,11-13H2,1-3H3. The van der Waals surface area contributed by atoms with E-state index in [1.54, 1.807) is 0 Å². The van der Waals surface area contributed by atoms with Crippen LogP contribution in [-0.4, -0.2) is 57.9 Å². The molecule has 1 unspecified atom stereocenters. The highest BCUT2D eigenvalue weighted by atomic mass is 16.5. The molecule has 1 fully saturated rings. The van der Waals surface area contributed by atoms with Gasteiger partial charge in [-0.05, 0) is 32.6 Å². The van der Waals surface area contributed by atoms with E-state index in [0.29, 0.717) is 0 Å². The first-order valence-corrected chi connectivity index (χ1v) is 8.05. The SMILES string of the molecule is CN(C)Cc1cc(OC2CCN(Cc3ccnn3C)C2)ccn1. The Labute approximate surface area is 137 Å². The molecule has 0 N–H and O–H groups in total. The molecule has 6 heteroatoms. The third kappa shape index (κ3) is 4.30. The summed E-state index contributed by atoms with van der Waals surface area (Å²) in [6, 6.07) is 6.07. The molecular formula is C17H25N5O. The van der Waals surface area contributed by atoms with Crippen molar-refractivity contribution >= 4 is 0 Å². The molecule has 2 aromatic heterocycles. The molecule has 1 aliphatic rings. The largest absolute Gasteiger partial charge is 0.489 e. The summed E-state index contributed by atoms with van der Waals surface area (Å²) in [6.45, 7) is 3.77. The first-order chi connectivity index (χ1) is 11.1. The third-order valence-electron chi connectivity index (χ3n) is 4.11. The highest BCUT2D eigenvalue weighted by Crippen LogP contribution is 2.20. The van der Waals surface area contributed by atoms with E-state index in [0.717, 1.165) is 44.0 Å². The maximum Gasteiger partial charge on any atom is 0.123 e. The molecule has 0 aromatic carbocycles. The van der Waals surface area contributed by atoms with Gasteiger partial charge >= 0.3 is 0 Å². The monoisotopic (exact) mass is 315 g/mol. The van der Waals surface area contributed by atoms with E-state index in [9.17, 15) is 0 Å². The fourth-order valence-electron chi connectivity index (χ4n) is 2.95. The molecule has 0 aliphatic carbocycles. The summed E-state index contributed by atoms with van der Waals surface area (Å²) in [5, 5.41) is 4.23. The second-order valence-electron chi connectivity index (χ2n) is 6.43. The Morgan fingerprint density at radius 2 is 2.17 bits per heavy atom. The van der Waals surface area contributed by atoms with Crippen molar-refractivity contribution in [3.63, 3.8) is 0 Å². The number of nitrogens with zero attached hydrogens (tertiary/aromatic N) is 5. The van der Waals surface area contributed by atoms with Crippen LogP contribution in [0.2, 0.25) is 0 Å². The van der Waals surface area contributed by atoms with Crippen LogP contribution in [0.5, 0.6) is 5.75 Å². The molecule has 0 spiro atoms. The fraction of sp³-hybridized carbons (Fsp3) is 0.529. The second kappa shape index (κ2) is 7.10. The van der Waals surface area contributed by atoms with Crippen molar-refractivity contribution in [1.82, 2.24) is 24.6 Å². The lowest BCUT2D eigenvalue weighted by atomic mass is 10.3. The van der Waals surface area contributed by atoms with Crippen molar-refractivity contribution in [2.45, 2.75) is 25.6 Å². The van der Waals surface area contributed by atoms with E-state index < -0.39 is 0 Å². The van der Waals surface area contributed by atoms with Crippen LogP contribution >= 0.6 is 0 Å². The predicted molar refractivity (Wildman–Crippen MR) is 89.1 cm³/mol. The summed E-state index contributed by atoms with van der Waals surface area (Å²) in [6.07, 6.45) is 4.99. The smallest absolute Gasteiger partial charge is 0.123 e. The van der Waals surface area contributed by atoms with E-state index in [1.165, 1.54) is 5.69 Å². The van der Waals surface area contributed by atoms with Gasteiger partial charge in [0.1, 0.15) is 11.9 Å². The van der Waals surface area contributed by atoms with E-state index in [4.69, 9.17) is 4.74 Å².